The molecule has 0 radical (unpaired) electrons. The van der Waals surface area contributed by atoms with E-state index in [1.165, 1.54) is 34.4 Å². The smallest absolute Gasteiger partial charge is 0.295 e. The van der Waals surface area contributed by atoms with Crippen LogP contribution in [0, 0.1) is 6.92 Å². The predicted molar refractivity (Wildman–Crippen MR) is 113 cm³/mol. The largest absolute Gasteiger partial charge is 0.507 e. The fourth-order valence-electron chi connectivity index (χ4n) is 3.54. The number of Topliss-reactive ketones (excluding diaryl/α,β-unsaturated/α-hetero) is 1. The van der Waals surface area contributed by atoms with E-state index in [0.717, 1.165) is 10.4 Å². The van der Waals surface area contributed by atoms with Gasteiger partial charge in [0.25, 0.3) is 11.7 Å². The number of aliphatic hydroxyl groups excluding tert-OH is 1. The highest BCUT2D eigenvalue weighted by Gasteiger charge is 2.46. The minimum atomic E-state index is -0.903. The Morgan fingerprint density at radius 2 is 1.77 bits per heavy atom. The molecule has 7 heteroatoms. The number of carbonyl (C=O) groups excluding carboxylic acids is 2. The van der Waals surface area contributed by atoms with Gasteiger partial charge < -0.3 is 20.2 Å². The summed E-state index contributed by atoms with van der Waals surface area (Å²) in [5.74, 6) is -2.48. The number of phenols is 2. The zero-order valence-corrected chi connectivity index (χ0v) is 16.9. The van der Waals surface area contributed by atoms with Gasteiger partial charge in [0.05, 0.1) is 18.2 Å². The summed E-state index contributed by atoms with van der Waals surface area (Å²) in [6.07, 6.45) is 0. The van der Waals surface area contributed by atoms with Gasteiger partial charge in [-0.15, -0.1) is 11.3 Å². The first-order valence-corrected chi connectivity index (χ1v) is 10.1. The molecule has 1 fully saturated rings. The van der Waals surface area contributed by atoms with Crippen LogP contribution in [-0.2, 0) is 16.1 Å². The number of thiophene rings is 1. The summed E-state index contributed by atoms with van der Waals surface area (Å²) in [6.45, 7) is 2.09. The molecular formula is C23H19NO5S. The number of hydrogen-bond acceptors (Lipinski definition) is 6. The molecule has 0 saturated carbocycles. The molecule has 30 heavy (non-hydrogen) atoms. The van der Waals surface area contributed by atoms with Gasteiger partial charge >= 0.3 is 0 Å². The Morgan fingerprint density at radius 1 is 1.03 bits per heavy atom. The first-order chi connectivity index (χ1) is 14.4. The van der Waals surface area contributed by atoms with Crippen molar-refractivity contribution >= 4 is 28.8 Å². The lowest BCUT2D eigenvalue weighted by molar-refractivity contribution is -0.140. The number of aliphatic hydroxyl groups is 1. The molecule has 1 aliphatic rings. The molecule has 1 amide bonds. The van der Waals surface area contributed by atoms with E-state index in [4.69, 9.17) is 0 Å². The molecular weight excluding hydrogens is 402 g/mol. The molecule has 1 aromatic heterocycles. The zero-order chi connectivity index (χ0) is 21.4. The van der Waals surface area contributed by atoms with Crippen molar-refractivity contribution in [1.29, 1.82) is 0 Å². The molecule has 4 rings (SSSR count). The Balaban J connectivity index is 1.88. The Labute approximate surface area is 177 Å². The van der Waals surface area contributed by atoms with Gasteiger partial charge in [0.2, 0.25) is 0 Å². The average Bonchev–Trinajstić information content (AvgIpc) is 3.33. The van der Waals surface area contributed by atoms with Gasteiger partial charge in [0.15, 0.2) is 11.5 Å². The summed E-state index contributed by atoms with van der Waals surface area (Å²) >= 11 is 1.45. The lowest BCUT2D eigenvalue weighted by atomic mass is 9.94. The topological polar surface area (TPSA) is 98.1 Å². The number of aryl methyl sites for hydroxylation is 1. The van der Waals surface area contributed by atoms with Gasteiger partial charge in [-0.1, -0.05) is 42.0 Å². The quantitative estimate of drug-likeness (QED) is 0.255. The number of hydrogen-bond donors (Lipinski definition) is 3. The van der Waals surface area contributed by atoms with Gasteiger partial charge in [0, 0.05) is 10.4 Å². The second kappa shape index (κ2) is 7.68. The molecule has 3 N–H and O–H groups in total. The summed E-state index contributed by atoms with van der Waals surface area (Å²) in [7, 11) is 0. The van der Waals surface area contributed by atoms with Crippen LogP contribution in [0.3, 0.4) is 0 Å². The number of likely N-dealkylation sites (tertiary alicyclic amines) is 1. The maximum Gasteiger partial charge on any atom is 0.295 e. The van der Waals surface area contributed by atoms with Crippen molar-refractivity contribution in [1.82, 2.24) is 4.90 Å². The van der Waals surface area contributed by atoms with Crippen molar-refractivity contribution in [2.75, 3.05) is 0 Å². The van der Waals surface area contributed by atoms with Crippen LogP contribution in [0.4, 0.5) is 0 Å². The van der Waals surface area contributed by atoms with Gasteiger partial charge in [0.1, 0.15) is 5.76 Å². The summed E-state index contributed by atoms with van der Waals surface area (Å²) < 4.78 is 0. The Kier molecular flexibility index (Phi) is 5.05. The van der Waals surface area contributed by atoms with Crippen LogP contribution in [-0.4, -0.2) is 31.9 Å². The number of benzene rings is 2. The van der Waals surface area contributed by atoms with Crippen LogP contribution in [0.2, 0.25) is 0 Å². The highest BCUT2D eigenvalue weighted by atomic mass is 32.1. The van der Waals surface area contributed by atoms with E-state index in [-0.39, 0.29) is 29.4 Å². The molecule has 1 aliphatic heterocycles. The third kappa shape index (κ3) is 3.44. The van der Waals surface area contributed by atoms with Crippen LogP contribution >= 0.6 is 11.3 Å². The Morgan fingerprint density at radius 3 is 2.40 bits per heavy atom. The first kappa shape index (κ1) is 19.7. The number of amides is 1. The number of rotatable bonds is 4. The van der Waals surface area contributed by atoms with E-state index < -0.39 is 17.7 Å². The maximum atomic E-state index is 12.9. The van der Waals surface area contributed by atoms with Gasteiger partial charge in [-0.25, -0.2) is 0 Å². The minimum absolute atomic E-state index is 0.0505. The zero-order valence-electron chi connectivity index (χ0n) is 16.1. The summed E-state index contributed by atoms with van der Waals surface area (Å²) in [4.78, 5) is 28.1. The van der Waals surface area contributed by atoms with E-state index in [0.29, 0.717) is 11.1 Å². The van der Waals surface area contributed by atoms with E-state index >= 15 is 0 Å². The molecule has 3 aromatic rings. The predicted octanol–water partition coefficient (Wildman–Crippen LogP) is 4.09. The summed E-state index contributed by atoms with van der Waals surface area (Å²) in [5, 5.41) is 32.5. The molecule has 0 bridgehead atoms. The third-order valence-electron chi connectivity index (χ3n) is 5.09. The molecule has 0 spiro atoms. The van der Waals surface area contributed by atoms with Crippen LogP contribution in [0.25, 0.3) is 5.76 Å². The molecule has 0 aliphatic carbocycles. The fraction of sp³-hybridized carbons (Fsp3) is 0.130. The lowest BCUT2D eigenvalue weighted by Gasteiger charge is -2.25. The maximum absolute atomic E-state index is 12.9. The molecule has 2 heterocycles. The molecule has 1 atom stereocenters. The Bertz CT molecular complexity index is 1150. The Hall–Kier alpha value is -3.58. The number of ketones is 1. The fourth-order valence-corrected chi connectivity index (χ4v) is 4.24. The summed E-state index contributed by atoms with van der Waals surface area (Å²) in [5.41, 5.74) is 1.77. The van der Waals surface area contributed by atoms with Crippen molar-refractivity contribution in [3.63, 3.8) is 0 Å². The van der Waals surface area contributed by atoms with Crippen molar-refractivity contribution in [2.45, 2.75) is 19.5 Å². The normalized spacial score (nSPS) is 18.2. The minimum Gasteiger partial charge on any atom is -0.507 e. The van der Waals surface area contributed by atoms with Gasteiger partial charge in [-0.05, 0) is 36.1 Å². The monoisotopic (exact) mass is 421 g/mol. The van der Waals surface area contributed by atoms with E-state index in [2.05, 4.69) is 0 Å². The van der Waals surface area contributed by atoms with Crippen LogP contribution in [0.15, 0.2) is 65.6 Å². The number of nitrogens with zero attached hydrogens (tertiary/aromatic N) is 1. The second-order valence-electron chi connectivity index (χ2n) is 7.12. The molecule has 152 valence electrons. The van der Waals surface area contributed by atoms with Crippen LogP contribution in [0.1, 0.15) is 27.6 Å². The van der Waals surface area contributed by atoms with Gasteiger partial charge in [-0.2, -0.15) is 0 Å². The number of carbonyl (C=O) groups is 2. The van der Waals surface area contributed by atoms with Crippen molar-refractivity contribution in [2.24, 2.45) is 0 Å². The molecule has 6 nitrogen and oxygen atoms in total. The van der Waals surface area contributed by atoms with E-state index in [1.807, 2.05) is 24.4 Å². The highest BCUT2D eigenvalue weighted by Crippen LogP contribution is 2.42. The molecule has 1 saturated heterocycles. The summed E-state index contributed by atoms with van der Waals surface area (Å²) in [6, 6.07) is 13.9. The van der Waals surface area contributed by atoms with Crippen molar-refractivity contribution in [3.8, 4) is 11.5 Å². The second-order valence-corrected chi connectivity index (χ2v) is 8.15. The highest BCUT2D eigenvalue weighted by molar-refractivity contribution is 7.09. The number of phenolic OH excluding ortho intramolecular Hbond substituents is 2. The van der Waals surface area contributed by atoms with Crippen molar-refractivity contribution in [3.05, 3.63) is 87.1 Å². The van der Waals surface area contributed by atoms with Crippen molar-refractivity contribution < 1.29 is 24.9 Å². The average molecular weight is 421 g/mol. The van der Waals surface area contributed by atoms with Gasteiger partial charge in [-0.3, -0.25) is 9.59 Å². The number of aromatic hydroxyl groups is 2. The van der Waals surface area contributed by atoms with E-state index in [1.54, 1.807) is 24.3 Å². The third-order valence-corrected chi connectivity index (χ3v) is 5.95. The molecule has 2 aromatic carbocycles. The first-order valence-electron chi connectivity index (χ1n) is 9.26. The SMILES string of the molecule is Cc1ccc(/C(O)=C2\C(=O)C(=O)N(Cc3cccs3)C2c2ccc(O)c(O)c2)cc1. The standard InChI is InChI=1S/C23H19NO5S/c1-13-4-6-14(7-5-13)21(27)19-20(15-8-9-17(25)18(26)11-15)24(23(29)22(19)28)12-16-3-2-10-30-16/h2-11,20,25-27H,12H2,1H3/b21-19+. The van der Waals surface area contributed by atoms with Crippen LogP contribution in [0.5, 0.6) is 11.5 Å². The van der Waals surface area contributed by atoms with E-state index in [9.17, 15) is 24.9 Å². The lowest BCUT2D eigenvalue weighted by Crippen LogP contribution is -2.28. The molecule has 1 unspecified atom stereocenters. The van der Waals surface area contributed by atoms with Crippen LogP contribution < -0.4 is 0 Å².